The zero-order valence-corrected chi connectivity index (χ0v) is 29.2. The molecular weight excluding hydrogens is 654 g/mol. The monoisotopic (exact) mass is 696 g/mol. The number of aromatic nitrogens is 3. The van der Waals surface area contributed by atoms with Gasteiger partial charge in [0.15, 0.2) is 5.82 Å². The number of benzene rings is 2. The van der Waals surface area contributed by atoms with Crippen molar-refractivity contribution in [1.82, 2.24) is 24.8 Å². The van der Waals surface area contributed by atoms with Crippen LogP contribution in [0.2, 0.25) is 0 Å². The van der Waals surface area contributed by atoms with Crippen molar-refractivity contribution in [3.8, 4) is 35.4 Å². The summed E-state index contributed by atoms with van der Waals surface area (Å²) < 4.78 is 38.3. The highest BCUT2D eigenvalue weighted by Crippen LogP contribution is 2.44. The van der Waals surface area contributed by atoms with Gasteiger partial charge in [-0.25, -0.2) is 8.78 Å². The molecule has 266 valence electrons. The van der Waals surface area contributed by atoms with Gasteiger partial charge in [0.25, 0.3) is 0 Å². The van der Waals surface area contributed by atoms with Gasteiger partial charge in [-0.2, -0.15) is 9.97 Å². The molecule has 1 saturated carbocycles. The molecule has 2 aromatic carbocycles. The number of fused-ring (bicyclic) bond motifs is 3. The van der Waals surface area contributed by atoms with E-state index in [1.807, 2.05) is 4.90 Å². The van der Waals surface area contributed by atoms with Crippen LogP contribution in [-0.4, -0.2) is 97.9 Å². The fraction of sp³-hybridized carbons (Fsp3) is 0.436. The Hall–Kier alpha value is -4.86. The SMILES string of the molecule is C#Cc1c(F)ccc2cc(O)cc(-c3ncc4c(N(C)CC5(N(C)C(=O)C=C)CCC(C)(O)C5)nc(OCC56CCCN5CCC6)nc4c3F)c12. The van der Waals surface area contributed by atoms with E-state index in [0.717, 1.165) is 38.8 Å². The van der Waals surface area contributed by atoms with Gasteiger partial charge in [0.05, 0.1) is 27.6 Å². The van der Waals surface area contributed by atoms with Gasteiger partial charge in [-0.05, 0) is 88.2 Å². The molecule has 4 aromatic rings. The van der Waals surface area contributed by atoms with Crippen LogP contribution in [0.15, 0.2) is 43.1 Å². The summed E-state index contributed by atoms with van der Waals surface area (Å²) in [6.45, 7) is 8.00. The number of nitrogens with zero attached hydrogens (tertiary/aromatic N) is 6. The number of carbonyl (C=O) groups is 1. The number of pyridine rings is 1. The lowest BCUT2D eigenvalue weighted by Gasteiger charge is -2.42. The molecule has 3 fully saturated rings. The maximum absolute atomic E-state index is 17.0. The van der Waals surface area contributed by atoms with Gasteiger partial charge in [-0.3, -0.25) is 14.7 Å². The van der Waals surface area contributed by atoms with E-state index in [1.165, 1.54) is 36.5 Å². The lowest BCUT2D eigenvalue weighted by Crippen LogP contribution is -2.55. The highest BCUT2D eigenvalue weighted by molar-refractivity contribution is 6.03. The molecular formula is C39H42F2N6O4. The van der Waals surface area contributed by atoms with E-state index in [1.54, 1.807) is 25.9 Å². The molecule has 0 spiro atoms. The maximum atomic E-state index is 17.0. The summed E-state index contributed by atoms with van der Waals surface area (Å²) in [5, 5.41) is 22.6. The molecule has 4 heterocycles. The number of carbonyl (C=O) groups excluding carboxylic acids is 1. The third-order valence-corrected chi connectivity index (χ3v) is 11.3. The minimum Gasteiger partial charge on any atom is -0.508 e. The number of halogens is 2. The van der Waals surface area contributed by atoms with Crippen molar-refractivity contribution in [2.75, 3.05) is 45.2 Å². The summed E-state index contributed by atoms with van der Waals surface area (Å²) in [6.07, 6.45) is 13.8. The first kappa shape index (κ1) is 34.6. The Morgan fingerprint density at radius 3 is 2.57 bits per heavy atom. The number of terminal acetylenes is 1. The predicted octanol–water partition coefficient (Wildman–Crippen LogP) is 5.57. The fourth-order valence-electron chi connectivity index (χ4n) is 8.78. The highest BCUT2D eigenvalue weighted by atomic mass is 19.1. The summed E-state index contributed by atoms with van der Waals surface area (Å²) in [6, 6.07) is 5.39. The average Bonchev–Trinajstić information content (AvgIpc) is 3.78. The first-order valence-electron chi connectivity index (χ1n) is 17.3. The van der Waals surface area contributed by atoms with Crippen LogP contribution in [0.25, 0.3) is 32.9 Å². The van der Waals surface area contributed by atoms with E-state index >= 15 is 4.39 Å². The molecule has 0 bridgehead atoms. The van der Waals surface area contributed by atoms with E-state index in [-0.39, 0.29) is 62.9 Å². The van der Waals surface area contributed by atoms with Crippen molar-refractivity contribution in [1.29, 1.82) is 0 Å². The van der Waals surface area contributed by atoms with E-state index < -0.39 is 22.8 Å². The Kier molecular flexibility index (Phi) is 8.63. The van der Waals surface area contributed by atoms with Crippen molar-refractivity contribution in [2.24, 2.45) is 0 Å². The average molecular weight is 697 g/mol. The second-order valence-electron chi connectivity index (χ2n) is 14.7. The molecule has 0 radical (unpaired) electrons. The largest absolute Gasteiger partial charge is 0.508 e. The highest BCUT2D eigenvalue weighted by Gasteiger charge is 2.49. The molecule has 1 amide bonds. The number of rotatable bonds is 9. The number of ether oxygens (including phenoxy) is 1. The lowest BCUT2D eigenvalue weighted by molar-refractivity contribution is -0.130. The standard InChI is InChI=1S/C39H42F2N6O4/c1-6-26-29(40)11-10-24-18-25(48)19-27(31(24)26)33-32(41)34-28(20-42-33)35(44-36(43-34)51-23-38-12-8-16-47(38)17-9-13-38)45(4)22-39(46(5)30(49)7-2)15-14-37(3,50)21-39/h1,7,10-11,18-20,48,50H,2,8-9,12-17,21-23H2,3-5H3. The number of hydrogen-bond acceptors (Lipinski definition) is 9. The third-order valence-electron chi connectivity index (χ3n) is 11.3. The van der Waals surface area contributed by atoms with Crippen LogP contribution in [-0.2, 0) is 4.79 Å². The Bertz CT molecular complexity index is 2110. The fourth-order valence-corrected chi connectivity index (χ4v) is 8.78. The number of aromatic hydroxyl groups is 1. The van der Waals surface area contributed by atoms with Crippen LogP contribution in [0.1, 0.15) is 57.4 Å². The second-order valence-corrected chi connectivity index (χ2v) is 14.7. The molecule has 12 heteroatoms. The Labute approximate surface area is 295 Å². The molecule has 2 aliphatic heterocycles. The summed E-state index contributed by atoms with van der Waals surface area (Å²) in [7, 11) is 3.48. The van der Waals surface area contributed by atoms with Crippen molar-refractivity contribution in [3.05, 3.63) is 60.3 Å². The van der Waals surface area contributed by atoms with Crippen molar-refractivity contribution in [2.45, 2.75) is 68.5 Å². The Morgan fingerprint density at radius 2 is 1.90 bits per heavy atom. The third kappa shape index (κ3) is 5.92. The van der Waals surface area contributed by atoms with Crippen LogP contribution >= 0.6 is 0 Å². The Morgan fingerprint density at radius 1 is 1.16 bits per heavy atom. The minimum absolute atomic E-state index is 0.0207. The maximum Gasteiger partial charge on any atom is 0.319 e. The van der Waals surface area contributed by atoms with E-state index in [9.17, 15) is 19.4 Å². The molecule has 51 heavy (non-hydrogen) atoms. The summed E-state index contributed by atoms with van der Waals surface area (Å²) in [5.74, 6) is 0.746. The van der Waals surface area contributed by atoms with Crippen LogP contribution in [0, 0.1) is 24.0 Å². The van der Waals surface area contributed by atoms with Gasteiger partial charge in [0.1, 0.15) is 35.2 Å². The number of aliphatic hydroxyl groups is 1. The molecule has 2 saturated heterocycles. The number of likely N-dealkylation sites (N-methyl/N-ethyl adjacent to an activating group) is 2. The van der Waals surface area contributed by atoms with E-state index in [4.69, 9.17) is 16.1 Å². The Balaban J connectivity index is 1.38. The molecule has 2 unspecified atom stereocenters. The van der Waals surface area contributed by atoms with Gasteiger partial charge < -0.3 is 24.7 Å². The van der Waals surface area contributed by atoms with Crippen LogP contribution in [0.3, 0.4) is 0 Å². The van der Waals surface area contributed by atoms with Crippen molar-refractivity contribution >= 4 is 33.4 Å². The number of phenolic OH excluding ortho intramolecular Hbond substituents is 1. The molecule has 7 rings (SSSR count). The molecule has 10 nitrogen and oxygen atoms in total. The van der Waals surface area contributed by atoms with Crippen molar-refractivity contribution in [3.63, 3.8) is 0 Å². The van der Waals surface area contributed by atoms with Gasteiger partial charge in [-0.1, -0.05) is 18.6 Å². The first-order chi connectivity index (χ1) is 24.3. The van der Waals surface area contributed by atoms with Gasteiger partial charge in [0, 0.05) is 44.2 Å². The normalized spacial score (nSPS) is 22.6. The lowest BCUT2D eigenvalue weighted by atomic mass is 9.91. The topological polar surface area (TPSA) is 115 Å². The number of amides is 1. The molecule has 2 atom stereocenters. The summed E-state index contributed by atoms with van der Waals surface area (Å²) in [5.41, 5.74) is -2.17. The van der Waals surface area contributed by atoms with Gasteiger partial charge >= 0.3 is 6.01 Å². The van der Waals surface area contributed by atoms with Gasteiger partial charge in [-0.15, -0.1) is 6.42 Å². The molecule has 3 aliphatic rings. The minimum atomic E-state index is -1.00. The van der Waals surface area contributed by atoms with Crippen LogP contribution in [0.4, 0.5) is 14.6 Å². The number of phenols is 1. The van der Waals surface area contributed by atoms with E-state index in [0.29, 0.717) is 37.1 Å². The van der Waals surface area contributed by atoms with Crippen LogP contribution < -0.4 is 9.64 Å². The van der Waals surface area contributed by atoms with Gasteiger partial charge in [0.2, 0.25) is 5.91 Å². The summed E-state index contributed by atoms with van der Waals surface area (Å²) >= 11 is 0. The number of anilines is 1. The zero-order valence-electron chi connectivity index (χ0n) is 29.2. The summed E-state index contributed by atoms with van der Waals surface area (Å²) in [4.78, 5) is 32.7. The van der Waals surface area contributed by atoms with Crippen LogP contribution in [0.5, 0.6) is 11.8 Å². The van der Waals surface area contributed by atoms with E-state index in [2.05, 4.69) is 27.4 Å². The molecule has 2 aromatic heterocycles. The quantitative estimate of drug-likeness (QED) is 0.171. The molecule has 1 aliphatic carbocycles. The zero-order chi connectivity index (χ0) is 36.3. The van der Waals surface area contributed by atoms with Crippen molar-refractivity contribution < 1.29 is 28.5 Å². The smallest absolute Gasteiger partial charge is 0.319 e. The second kappa shape index (κ2) is 12.7. The predicted molar refractivity (Wildman–Crippen MR) is 192 cm³/mol. The number of hydrogen-bond donors (Lipinski definition) is 2. The first-order valence-corrected chi connectivity index (χ1v) is 17.3. The molecule has 2 N–H and O–H groups in total.